The van der Waals surface area contributed by atoms with E-state index in [2.05, 4.69) is 25.4 Å². The average Bonchev–Trinajstić information content (AvgIpc) is 2.89. The maximum Gasteiger partial charge on any atom is 0.198 e. The minimum Gasteiger partial charge on any atom is -0.496 e. The molecular formula is C17H17NO2. The maximum atomic E-state index is 12.5. The molecule has 0 N–H and O–H groups in total. The Kier molecular flexibility index (Phi) is 2.85. The van der Waals surface area contributed by atoms with Crippen LogP contribution in [0.2, 0.25) is 0 Å². The predicted molar refractivity (Wildman–Crippen MR) is 80.3 cm³/mol. The molecule has 20 heavy (non-hydrogen) atoms. The third-order valence-corrected chi connectivity index (χ3v) is 3.92. The van der Waals surface area contributed by atoms with Crippen LogP contribution in [0.5, 0.6) is 5.75 Å². The fourth-order valence-electron chi connectivity index (χ4n) is 2.77. The van der Waals surface area contributed by atoms with Crippen LogP contribution in [0.3, 0.4) is 0 Å². The van der Waals surface area contributed by atoms with Crippen molar-refractivity contribution in [3.63, 3.8) is 0 Å². The highest BCUT2D eigenvalue weighted by Crippen LogP contribution is 2.43. The molecular weight excluding hydrogens is 250 g/mol. The number of ether oxygens (including phenoxy) is 1. The third kappa shape index (κ3) is 1.66. The summed E-state index contributed by atoms with van der Waals surface area (Å²) in [6, 6.07) is 5.70. The normalized spacial score (nSPS) is 17.3. The molecule has 2 aliphatic rings. The van der Waals surface area contributed by atoms with Crippen molar-refractivity contribution >= 4 is 17.1 Å². The first-order valence-electron chi connectivity index (χ1n) is 6.76. The molecule has 0 bridgehead atoms. The lowest BCUT2D eigenvalue weighted by Gasteiger charge is -2.20. The first-order chi connectivity index (χ1) is 9.54. The summed E-state index contributed by atoms with van der Waals surface area (Å²) in [6.45, 7) is 8.17. The number of fused-ring (bicyclic) bond motifs is 2. The molecule has 1 aliphatic carbocycles. The number of Topliss-reactive ketones (excluding diaryl/α,β-unsaturated/α-hetero) is 1. The van der Waals surface area contributed by atoms with Gasteiger partial charge in [-0.15, -0.1) is 0 Å². The van der Waals surface area contributed by atoms with Crippen LogP contribution >= 0.6 is 0 Å². The van der Waals surface area contributed by atoms with Gasteiger partial charge >= 0.3 is 0 Å². The van der Waals surface area contributed by atoms with E-state index in [1.807, 2.05) is 18.2 Å². The standard InChI is InChI=1S/C17H17NO2/c1-9(2)13-8-12-11-6-5-7-14(20-4)15(11)17(19)10(3)16(12)18-13/h5-7,9H,3,8H2,1-2,4H3. The lowest BCUT2D eigenvalue weighted by molar-refractivity contribution is 0.103. The van der Waals surface area contributed by atoms with Gasteiger partial charge in [-0.1, -0.05) is 32.6 Å². The van der Waals surface area contributed by atoms with Crippen LogP contribution in [0.1, 0.15) is 36.2 Å². The Morgan fingerprint density at radius 1 is 1.35 bits per heavy atom. The predicted octanol–water partition coefficient (Wildman–Crippen LogP) is 3.66. The van der Waals surface area contributed by atoms with E-state index in [4.69, 9.17) is 4.74 Å². The summed E-state index contributed by atoms with van der Waals surface area (Å²) in [4.78, 5) is 17.2. The van der Waals surface area contributed by atoms with E-state index in [1.165, 1.54) is 0 Å². The third-order valence-electron chi connectivity index (χ3n) is 3.92. The van der Waals surface area contributed by atoms with Gasteiger partial charge < -0.3 is 4.74 Å². The molecule has 0 radical (unpaired) electrons. The van der Waals surface area contributed by atoms with E-state index < -0.39 is 0 Å². The molecule has 0 saturated heterocycles. The number of allylic oxidation sites excluding steroid dienone is 2. The van der Waals surface area contributed by atoms with E-state index >= 15 is 0 Å². The second-order valence-corrected chi connectivity index (χ2v) is 5.45. The zero-order valence-corrected chi connectivity index (χ0v) is 12.0. The van der Waals surface area contributed by atoms with Crippen molar-refractivity contribution in [2.45, 2.75) is 20.3 Å². The monoisotopic (exact) mass is 267 g/mol. The highest BCUT2D eigenvalue weighted by atomic mass is 16.5. The fourth-order valence-corrected chi connectivity index (χ4v) is 2.77. The van der Waals surface area contributed by atoms with Gasteiger partial charge in [0.25, 0.3) is 0 Å². The van der Waals surface area contributed by atoms with Gasteiger partial charge in [0, 0.05) is 17.7 Å². The van der Waals surface area contributed by atoms with E-state index in [1.54, 1.807) is 7.11 Å². The first kappa shape index (κ1) is 12.9. The van der Waals surface area contributed by atoms with Gasteiger partial charge in [0.05, 0.1) is 18.4 Å². The first-order valence-corrected chi connectivity index (χ1v) is 6.76. The molecule has 102 valence electrons. The summed E-state index contributed by atoms with van der Waals surface area (Å²) < 4.78 is 5.33. The van der Waals surface area contributed by atoms with Gasteiger partial charge in [-0.2, -0.15) is 0 Å². The summed E-state index contributed by atoms with van der Waals surface area (Å²) in [5, 5.41) is 0. The second-order valence-electron chi connectivity index (χ2n) is 5.45. The van der Waals surface area contributed by atoms with E-state index in [9.17, 15) is 4.79 Å². The topological polar surface area (TPSA) is 38.7 Å². The van der Waals surface area contributed by atoms with Gasteiger partial charge in [0.1, 0.15) is 5.75 Å². The summed E-state index contributed by atoms with van der Waals surface area (Å²) in [7, 11) is 1.58. The molecule has 0 unspecified atom stereocenters. The number of carbonyl (C=O) groups excluding carboxylic acids is 1. The summed E-state index contributed by atoms with van der Waals surface area (Å²) >= 11 is 0. The number of carbonyl (C=O) groups is 1. The smallest absolute Gasteiger partial charge is 0.198 e. The molecule has 1 aromatic carbocycles. The van der Waals surface area contributed by atoms with Gasteiger partial charge in [-0.3, -0.25) is 9.79 Å². The molecule has 3 heteroatoms. The van der Waals surface area contributed by atoms with E-state index in [-0.39, 0.29) is 5.78 Å². The van der Waals surface area contributed by atoms with Gasteiger partial charge in [0.15, 0.2) is 5.78 Å². The Morgan fingerprint density at radius 3 is 2.75 bits per heavy atom. The number of hydrogen-bond acceptors (Lipinski definition) is 3. The van der Waals surface area contributed by atoms with Crippen molar-refractivity contribution in [2.24, 2.45) is 10.9 Å². The lowest BCUT2D eigenvalue weighted by Crippen LogP contribution is -2.14. The Morgan fingerprint density at radius 2 is 2.10 bits per heavy atom. The van der Waals surface area contributed by atoms with Crippen LogP contribution in [0, 0.1) is 5.92 Å². The average molecular weight is 267 g/mol. The minimum absolute atomic E-state index is 0.0787. The Bertz CT molecular complexity index is 693. The Balaban J connectivity index is 2.20. The lowest BCUT2D eigenvalue weighted by atomic mass is 9.83. The van der Waals surface area contributed by atoms with Crippen molar-refractivity contribution < 1.29 is 9.53 Å². The number of ketones is 1. The molecule has 0 aromatic heterocycles. The van der Waals surface area contributed by atoms with Crippen molar-refractivity contribution in [1.82, 2.24) is 0 Å². The molecule has 1 heterocycles. The molecule has 0 spiro atoms. The maximum absolute atomic E-state index is 12.5. The van der Waals surface area contributed by atoms with Crippen molar-refractivity contribution in [3.8, 4) is 5.75 Å². The van der Waals surface area contributed by atoms with Crippen molar-refractivity contribution in [2.75, 3.05) is 7.11 Å². The van der Waals surface area contributed by atoms with Gasteiger partial charge in [-0.05, 0) is 23.1 Å². The van der Waals surface area contributed by atoms with Crippen LogP contribution < -0.4 is 4.74 Å². The molecule has 0 atom stereocenters. The fraction of sp³-hybridized carbons (Fsp3) is 0.294. The van der Waals surface area contributed by atoms with Crippen LogP contribution in [0.4, 0.5) is 0 Å². The van der Waals surface area contributed by atoms with Crippen molar-refractivity contribution in [1.29, 1.82) is 0 Å². The Hall–Kier alpha value is -2.16. The van der Waals surface area contributed by atoms with Crippen LogP contribution in [0.15, 0.2) is 41.0 Å². The summed E-state index contributed by atoms with van der Waals surface area (Å²) in [5.74, 6) is 0.903. The summed E-state index contributed by atoms with van der Waals surface area (Å²) in [5.41, 5.74) is 5.02. The van der Waals surface area contributed by atoms with Crippen LogP contribution in [0.25, 0.3) is 5.57 Å². The number of rotatable bonds is 2. The van der Waals surface area contributed by atoms with Crippen LogP contribution in [-0.4, -0.2) is 18.6 Å². The van der Waals surface area contributed by atoms with E-state index in [0.29, 0.717) is 22.8 Å². The molecule has 0 fully saturated rings. The highest BCUT2D eigenvalue weighted by molar-refractivity contribution is 6.22. The van der Waals surface area contributed by atoms with Gasteiger partial charge in [0.2, 0.25) is 0 Å². The molecule has 3 nitrogen and oxygen atoms in total. The molecule has 0 amide bonds. The van der Waals surface area contributed by atoms with Gasteiger partial charge in [-0.25, -0.2) is 0 Å². The number of nitrogens with zero attached hydrogens (tertiary/aromatic N) is 1. The van der Waals surface area contributed by atoms with Crippen molar-refractivity contribution in [3.05, 3.63) is 47.2 Å². The number of aliphatic imine (C=N–C) groups is 1. The quantitative estimate of drug-likeness (QED) is 0.767. The minimum atomic E-state index is -0.0787. The zero-order valence-electron chi connectivity index (χ0n) is 12.0. The zero-order chi connectivity index (χ0) is 14.4. The van der Waals surface area contributed by atoms with E-state index in [0.717, 1.165) is 29.0 Å². The SMILES string of the molecule is C=C1C(=O)c2c(OC)cccc2C2=C1N=C(C(C)C)C2. The second kappa shape index (κ2) is 4.44. The molecule has 0 saturated carbocycles. The summed E-state index contributed by atoms with van der Waals surface area (Å²) in [6.07, 6.45) is 0.791. The molecule has 1 aliphatic heterocycles. The largest absolute Gasteiger partial charge is 0.496 e. The molecule has 3 rings (SSSR count). The number of hydrogen-bond donors (Lipinski definition) is 0. The Labute approximate surface area is 118 Å². The number of benzene rings is 1. The number of methoxy groups -OCH3 is 1. The highest BCUT2D eigenvalue weighted by Gasteiger charge is 2.34. The van der Waals surface area contributed by atoms with Crippen LogP contribution in [-0.2, 0) is 0 Å². The molecule has 1 aromatic rings.